The van der Waals surface area contributed by atoms with Gasteiger partial charge in [-0.25, -0.2) is 9.37 Å². The molecule has 0 saturated carbocycles. The fourth-order valence-electron chi connectivity index (χ4n) is 2.60. The van der Waals surface area contributed by atoms with Crippen LogP contribution in [0.3, 0.4) is 0 Å². The van der Waals surface area contributed by atoms with Crippen LogP contribution >= 0.6 is 0 Å². The number of aliphatic hydroxyl groups excluding tert-OH is 1. The van der Waals surface area contributed by atoms with Gasteiger partial charge in [-0.2, -0.15) is 0 Å². The summed E-state index contributed by atoms with van der Waals surface area (Å²) in [5, 5.41) is 24.9. The molecule has 1 fully saturated rings. The third kappa shape index (κ3) is 3.83. The standard InChI is InChI=1S/C16H17FN4O4/c17-9-3-1-8(2-4-9)6-19-15(24)12-13(23)16(25)21-14(20-12)11-5-10(22)7-18-11/h1-4,10-11,18,22-23H,5-7H2,(H,19,24)(H,20,21,25)/t10-,11+/m1/s1. The number of amides is 1. The van der Waals surface area contributed by atoms with Crippen molar-refractivity contribution in [2.45, 2.75) is 25.1 Å². The number of nitrogens with zero attached hydrogens (tertiary/aromatic N) is 1. The van der Waals surface area contributed by atoms with Gasteiger partial charge in [0.05, 0.1) is 12.1 Å². The summed E-state index contributed by atoms with van der Waals surface area (Å²) in [7, 11) is 0. The fourth-order valence-corrected chi connectivity index (χ4v) is 2.60. The number of aliphatic hydroxyl groups is 1. The average molecular weight is 348 g/mol. The van der Waals surface area contributed by atoms with Crippen molar-refractivity contribution in [1.82, 2.24) is 20.6 Å². The molecule has 2 atom stereocenters. The molecule has 8 nitrogen and oxygen atoms in total. The number of aromatic nitrogens is 2. The highest BCUT2D eigenvalue weighted by Crippen LogP contribution is 2.21. The predicted octanol–water partition coefficient (Wildman–Crippen LogP) is -0.0601. The summed E-state index contributed by atoms with van der Waals surface area (Å²) < 4.78 is 12.9. The molecular weight excluding hydrogens is 331 g/mol. The molecule has 0 bridgehead atoms. The fraction of sp³-hybridized carbons (Fsp3) is 0.312. The average Bonchev–Trinajstić information content (AvgIpc) is 3.03. The van der Waals surface area contributed by atoms with Gasteiger partial charge in [0.25, 0.3) is 11.5 Å². The minimum Gasteiger partial charge on any atom is -0.501 e. The van der Waals surface area contributed by atoms with Crippen molar-refractivity contribution in [1.29, 1.82) is 0 Å². The van der Waals surface area contributed by atoms with E-state index in [1.54, 1.807) is 0 Å². The first-order chi connectivity index (χ1) is 11.9. The van der Waals surface area contributed by atoms with Crippen molar-refractivity contribution in [3.05, 3.63) is 57.5 Å². The number of hydrogen-bond donors (Lipinski definition) is 5. The van der Waals surface area contributed by atoms with Crippen LogP contribution in [-0.2, 0) is 6.54 Å². The third-order valence-electron chi connectivity index (χ3n) is 3.93. The topological polar surface area (TPSA) is 127 Å². The second-order valence-corrected chi connectivity index (χ2v) is 5.81. The van der Waals surface area contributed by atoms with Crippen LogP contribution in [0.25, 0.3) is 0 Å². The summed E-state index contributed by atoms with van der Waals surface area (Å²) in [6.07, 6.45) is -0.232. The van der Waals surface area contributed by atoms with Gasteiger partial charge in [-0.3, -0.25) is 9.59 Å². The second kappa shape index (κ2) is 6.99. The molecule has 132 valence electrons. The number of carbonyl (C=O) groups is 1. The molecule has 0 aliphatic carbocycles. The van der Waals surface area contributed by atoms with Crippen LogP contribution in [0.1, 0.15) is 34.3 Å². The molecule has 2 heterocycles. The van der Waals surface area contributed by atoms with Crippen molar-refractivity contribution < 1.29 is 19.4 Å². The van der Waals surface area contributed by atoms with Crippen molar-refractivity contribution in [2.75, 3.05) is 6.54 Å². The van der Waals surface area contributed by atoms with Crippen LogP contribution in [-0.4, -0.2) is 38.7 Å². The van der Waals surface area contributed by atoms with E-state index in [1.807, 2.05) is 0 Å². The number of H-pyrrole nitrogens is 1. The van der Waals surface area contributed by atoms with E-state index >= 15 is 0 Å². The first-order valence-corrected chi connectivity index (χ1v) is 7.71. The number of rotatable bonds is 4. The highest BCUT2D eigenvalue weighted by atomic mass is 19.1. The molecule has 2 aromatic rings. The van der Waals surface area contributed by atoms with E-state index in [0.29, 0.717) is 18.5 Å². The highest BCUT2D eigenvalue weighted by molar-refractivity contribution is 5.94. The molecule has 1 amide bonds. The first-order valence-electron chi connectivity index (χ1n) is 7.71. The zero-order valence-electron chi connectivity index (χ0n) is 13.1. The first kappa shape index (κ1) is 17.1. The summed E-state index contributed by atoms with van der Waals surface area (Å²) in [6, 6.07) is 5.14. The molecule has 0 spiro atoms. The maximum Gasteiger partial charge on any atom is 0.293 e. The van der Waals surface area contributed by atoms with Crippen molar-refractivity contribution in [2.24, 2.45) is 0 Å². The number of β-amino-alcohol motifs (C(OH)–C–C–N with tert-alkyl or cyclic N) is 1. The van der Waals surface area contributed by atoms with Gasteiger partial charge in [-0.15, -0.1) is 0 Å². The van der Waals surface area contributed by atoms with Gasteiger partial charge >= 0.3 is 0 Å². The number of aromatic amines is 1. The number of benzene rings is 1. The lowest BCUT2D eigenvalue weighted by atomic mass is 10.2. The van der Waals surface area contributed by atoms with E-state index in [0.717, 1.165) is 0 Å². The summed E-state index contributed by atoms with van der Waals surface area (Å²) in [4.78, 5) is 30.5. The van der Waals surface area contributed by atoms with Gasteiger partial charge in [0, 0.05) is 13.1 Å². The monoisotopic (exact) mass is 348 g/mol. The van der Waals surface area contributed by atoms with Crippen LogP contribution in [0.4, 0.5) is 4.39 Å². The Morgan fingerprint density at radius 3 is 2.72 bits per heavy atom. The Morgan fingerprint density at radius 1 is 1.36 bits per heavy atom. The Bertz CT molecular complexity index is 837. The molecule has 25 heavy (non-hydrogen) atoms. The Morgan fingerprint density at radius 2 is 2.08 bits per heavy atom. The maximum atomic E-state index is 12.9. The highest BCUT2D eigenvalue weighted by Gasteiger charge is 2.27. The zero-order valence-corrected chi connectivity index (χ0v) is 13.1. The maximum absolute atomic E-state index is 12.9. The summed E-state index contributed by atoms with van der Waals surface area (Å²) in [5.74, 6) is -1.72. The molecule has 1 aliphatic heterocycles. The smallest absolute Gasteiger partial charge is 0.293 e. The SMILES string of the molecule is O=C(NCc1ccc(F)cc1)c1nc([C@@H]2C[C@@H](O)CN2)[nH]c(=O)c1O. The lowest BCUT2D eigenvalue weighted by Crippen LogP contribution is -2.28. The van der Waals surface area contributed by atoms with Gasteiger partial charge < -0.3 is 25.8 Å². The number of carbonyl (C=O) groups excluding carboxylic acids is 1. The lowest BCUT2D eigenvalue weighted by Gasteiger charge is -2.12. The van der Waals surface area contributed by atoms with Crippen molar-refractivity contribution >= 4 is 5.91 Å². The normalized spacial score (nSPS) is 19.8. The number of halogens is 1. The zero-order chi connectivity index (χ0) is 18.0. The molecule has 9 heteroatoms. The van der Waals surface area contributed by atoms with Gasteiger partial charge in [-0.05, 0) is 24.1 Å². The van der Waals surface area contributed by atoms with E-state index in [9.17, 15) is 24.2 Å². The Balaban J connectivity index is 1.78. The van der Waals surface area contributed by atoms with Crippen LogP contribution in [0.15, 0.2) is 29.1 Å². The van der Waals surface area contributed by atoms with Gasteiger partial charge in [0.1, 0.15) is 11.6 Å². The molecule has 1 aromatic carbocycles. The third-order valence-corrected chi connectivity index (χ3v) is 3.93. The van der Waals surface area contributed by atoms with E-state index in [2.05, 4.69) is 20.6 Å². The quantitative estimate of drug-likeness (QED) is 0.527. The molecular formula is C16H17FN4O4. The van der Waals surface area contributed by atoms with Crippen LogP contribution in [0, 0.1) is 5.82 Å². The lowest BCUT2D eigenvalue weighted by molar-refractivity contribution is 0.0942. The minimum absolute atomic E-state index is 0.0861. The Kier molecular flexibility index (Phi) is 4.77. The molecule has 1 aromatic heterocycles. The molecule has 0 unspecified atom stereocenters. The van der Waals surface area contributed by atoms with Crippen LogP contribution < -0.4 is 16.2 Å². The minimum atomic E-state index is -0.833. The van der Waals surface area contributed by atoms with E-state index in [1.165, 1.54) is 24.3 Å². The summed E-state index contributed by atoms with van der Waals surface area (Å²) >= 11 is 0. The molecule has 0 radical (unpaired) electrons. The van der Waals surface area contributed by atoms with Gasteiger partial charge in [0.2, 0.25) is 5.75 Å². The molecule has 1 aliphatic rings. The van der Waals surface area contributed by atoms with Crippen LogP contribution in [0.2, 0.25) is 0 Å². The van der Waals surface area contributed by atoms with Gasteiger partial charge in [-0.1, -0.05) is 12.1 Å². The summed E-state index contributed by atoms with van der Waals surface area (Å²) in [5.41, 5.74) is -0.580. The number of nitrogens with one attached hydrogen (secondary N) is 3. The van der Waals surface area contributed by atoms with Gasteiger partial charge in [0.15, 0.2) is 5.69 Å². The van der Waals surface area contributed by atoms with Crippen LogP contribution in [0.5, 0.6) is 5.75 Å². The number of hydrogen-bond acceptors (Lipinski definition) is 6. The number of aromatic hydroxyl groups is 1. The predicted molar refractivity (Wildman–Crippen MR) is 85.5 cm³/mol. The Labute approximate surface area is 141 Å². The second-order valence-electron chi connectivity index (χ2n) is 5.81. The van der Waals surface area contributed by atoms with E-state index < -0.39 is 35.1 Å². The summed E-state index contributed by atoms with van der Waals surface area (Å²) in [6.45, 7) is 0.435. The Hall–Kier alpha value is -2.78. The van der Waals surface area contributed by atoms with E-state index in [-0.39, 0.29) is 18.2 Å². The largest absolute Gasteiger partial charge is 0.501 e. The molecule has 1 saturated heterocycles. The van der Waals surface area contributed by atoms with Crippen molar-refractivity contribution in [3.8, 4) is 5.75 Å². The molecule has 3 rings (SSSR count). The molecule has 5 N–H and O–H groups in total. The van der Waals surface area contributed by atoms with E-state index in [4.69, 9.17) is 0 Å². The van der Waals surface area contributed by atoms with Crippen molar-refractivity contribution in [3.63, 3.8) is 0 Å².